The minimum Gasteiger partial charge on any atom is -0.257 e. The summed E-state index contributed by atoms with van der Waals surface area (Å²) < 4.78 is 25.1. The summed E-state index contributed by atoms with van der Waals surface area (Å²) in [5.74, 6) is 0.0827. The fourth-order valence-corrected chi connectivity index (χ4v) is 4.17. The van der Waals surface area contributed by atoms with Crippen LogP contribution >= 0.6 is 11.3 Å². The Bertz CT molecular complexity index is 716. The third-order valence-corrected chi connectivity index (χ3v) is 5.68. The molecule has 0 bridgehead atoms. The Hall–Kier alpha value is -1.38. The molecule has 3 heterocycles. The summed E-state index contributed by atoms with van der Waals surface area (Å²) in [6.07, 6.45) is 8.13. The highest BCUT2D eigenvalue weighted by atomic mass is 32.2. The van der Waals surface area contributed by atoms with Gasteiger partial charge in [0.25, 0.3) is 0 Å². The molecule has 1 fully saturated rings. The number of piperidine rings is 1. The van der Waals surface area contributed by atoms with E-state index in [2.05, 4.69) is 15.0 Å². The summed E-state index contributed by atoms with van der Waals surface area (Å²) in [7, 11) is -3.16. The number of aromatic nitrogens is 3. The first-order valence-corrected chi connectivity index (χ1v) is 9.43. The van der Waals surface area contributed by atoms with Crippen LogP contribution in [0.15, 0.2) is 24.1 Å². The van der Waals surface area contributed by atoms with Crippen LogP contribution in [0.4, 0.5) is 0 Å². The van der Waals surface area contributed by atoms with Gasteiger partial charge >= 0.3 is 0 Å². The van der Waals surface area contributed by atoms with E-state index in [1.807, 2.05) is 0 Å². The molecule has 1 aliphatic rings. The van der Waals surface area contributed by atoms with E-state index in [9.17, 15) is 8.42 Å². The lowest BCUT2D eigenvalue weighted by molar-refractivity contribution is 0.314. The van der Waals surface area contributed by atoms with E-state index in [4.69, 9.17) is 0 Å². The van der Waals surface area contributed by atoms with Crippen LogP contribution in [-0.2, 0) is 10.0 Å². The summed E-state index contributed by atoms with van der Waals surface area (Å²) in [4.78, 5) is 13.9. The molecule has 0 N–H and O–H groups in total. The molecule has 2 aromatic heterocycles. The fraction of sp³-hybridized carbons (Fsp3) is 0.462. The molecular formula is C13H16N4O2S2. The van der Waals surface area contributed by atoms with Gasteiger partial charge < -0.3 is 0 Å². The van der Waals surface area contributed by atoms with Gasteiger partial charge in [-0.25, -0.2) is 12.7 Å². The average Bonchev–Trinajstić information content (AvgIpc) is 3.01. The zero-order valence-corrected chi connectivity index (χ0v) is 13.3. The Morgan fingerprint density at radius 1 is 1.33 bits per heavy atom. The smallest absolute Gasteiger partial charge is 0.211 e. The minimum absolute atomic E-state index is 0.0827. The van der Waals surface area contributed by atoms with Crippen LogP contribution in [0.3, 0.4) is 0 Å². The summed E-state index contributed by atoms with van der Waals surface area (Å²) >= 11 is 1.52. The molecule has 6 nitrogen and oxygen atoms in total. The lowest BCUT2D eigenvalue weighted by Gasteiger charge is -2.31. The van der Waals surface area contributed by atoms with Gasteiger partial charge in [0.1, 0.15) is 5.69 Å². The fourth-order valence-electron chi connectivity index (χ4n) is 2.64. The maximum atomic E-state index is 11.8. The SMILES string of the molecule is CS(=O)(=O)N1CCCC(c2nccnc2-c2cncs2)C1. The zero-order chi connectivity index (χ0) is 14.9. The van der Waals surface area contributed by atoms with Crippen LogP contribution < -0.4 is 0 Å². The van der Waals surface area contributed by atoms with Crippen molar-refractivity contribution in [2.24, 2.45) is 0 Å². The number of nitrogens with zero attached hydrogens (tertiary/aromatic N) is 4. The zero-order valence-electron chi connectivity index (χ0n) is 11.6. The van der Waals surface area contributed by atoms with E-state index in [0.29, 0.717) is 13.1 Å². The van der Waals surface area contributed by atoms with Crippen molar-refractivity contribution < 1.29 is 8.42 Å². The molecule has 0 spiro atoms. The predicted octanol–water partition coefficient (Wildman–Crippen LogP) is 1.74. The molecule has 1 unspecified atom stereocenters. The Kier molecular flexibility index (Phi) is 4.01. The molecule has 21 heavy (non-hydrogen) atoms. The molecule has 2 aromatic rings. The van der Waals surface area contributed by atoms with Crippen LogP contribution in [0.2, 0.25) is 0 Å². The number of hydrogen-bond donors (Lipinski definition) is 0. The minimum atomic E-state index is -3.16. The first kappa shape index (κ1) is 14.6. The van der Waals surface area contributed by atoms with Gasteiger partial charge in [-0.2, -0.15) is 0 Å². The van der Waals surface area contributed by atoms with Gasteiger partial charge in [-0.1, -0.05) is 0 Å². The number of rotatable bonds is 3. The van der Waals surface area contributed by atoms with Gasteiger partial charge in [0.15, 0.2) is 0 Å². The maximum absolute atomic E-state index is 11.8. The Morgan fingerprint density at radius 2 is 2.14 bits per heavy atom. The third-order valence-electron chi connectivity index (χ3n) is 3.63. The van der Waals surface area contributed by atoms with E-state index in [1.165, 1.54) is 21.9 Å². The average molecular weight is 324 g/mol. The van der Waals surface area contributed by atoms with Crippen LogP contribution in [-0.4, -0.2) is 47.0 Å². The molecule has 0 saturated carbocycles. The molecule has 112 valence electrons. The second-order valence-electron chi connectivity index (χ2n) is 5.12. The van der Waals surface area contributed by atoms with Gasteiger partial charge in [0, 0.05) is 37.6 Å². The summed E-state index contributed by atoms with van der Waals surface area (Å²) in [6.45, 7) is 1.06. The summed E-state index contributed by atoms with van der Waals surface area (Å²) in [5, 5.41) is 0. The first-order valence-electron chi connectivity index (χ1n) is 6.70. The van der Waals surface area contributed by atoms with E-state index in [1.54, 1.807) is 24.1 Å². The van der Waals surface area contributed by atoms with Gasteiger partial charge in [-0.05, 0) is 12.8 Å². The summed E-state index contributed by atoms with van der Waals surface area (Å²) in [5.41, 5.74) is 3.45. The topological polar surface area (TPSA) is 76.1 Å². The predicted molar refractivity (Wildman–Crippen MR) is 81.5 cm³/mol. The quantitative estimate of drug-likeness (QED) is 0.859. The second kappa shape index (κ2) is 5.78. The van der Waals surface area contributed by atoms with E-state index < -0.39 is 10.0 Å². The lowest BCUT2D eigenvalue weighted by Crippen LogP contribution is -2.38. The number of thiazole rings is 1. The molecule has 3 rings (SSSR count). The molecule has 0 amide bonds. The number of sulfonamides is 1. The molecule has 0 radical (unpaired) electrons. The van der Waals surface area contributed by atoms with Crippen molar-refractivity contribution >= 4 is 21.4 Å². The molecule has 0 aliphatic carbocycles. The van der Waals surface area contributed by atoms with Gasteiger partial charge in [-0.3, -0.25) is 15.0 Å². The normalized spacial score (nSPS) is 20.5. The highest BCUT2D eigenvalue weighted by Crippen LogP contribution is 2.33. The van der Waals surface area contributed by atoms with Crippen LogP contribution in [0, 0.1) is 0 Å². The summed E-state index contributed by atoms with van der Waals surface area (Å²) in [6, 6.07) is 0. The second-order valence-corrected chi connectivity index (χ2v) is 7.98. The van der Waals surface area contributed by atoms with E-state index in [-0.39, 0.29) is 5.92 Å². The van der Waals surface area contributed by atoms with Crippen molar-refractivity contribution in [3.8, 4) is 10.6 Å². The molecule has 8 heteroatoms. The molecule has 0 aromatic carbocycles. The van der Waals surface area contributed by atoms with Crippen molar-refractivity contribution in [1.82, 2.24) is 19.3 Å². The molecule has 1 saturated heterocycles. The highest BCUT2D eigenvalue weighted by Gasteiger charge is 2.29. The monoisotopic (exact) mass is 324 g/mol. The van der Waals surface area contributed by atoms with Crippen molar-refractivity contribution in [3.63, 3.8) is 0 Å². The van der Waals surface area contributed by atoms with Crippen LogP contribution in [0.25, 0.3) is 10.6 Å². The van der Waals surface area contributed by atoms with Gasteiger partial charge in [0.2, 0.25) is 10.0 Å². The maximum Gasteiger partial charge on any atom is 0.211 e. The first-order chi connectivity index (χ1) is 10.1. The number of hydrogen-bond acceptors (Lipinski definition) is 6. The van der Waals surface area contributed by atoms with E-state index in [0.717, 1.165) is 29.1 Å². The lowest BCUT2D eigenvalue weighted by atomic mass is 9.94. The van der Waals surface area contributed by atoms with Crippen molar-refractivity contribution in [2.75, 3.05) is 19.3 Å². The Balaban J connectivity index is 1.94. The third kappa shape index (κ3) is 3.12. The van der Waals surface area contributed by atoms with Crippen molar-refractivity contribution in [1.29, 1.82) is 0 Å². The Labute approximate surface area is 127 Å². The molecule has 1 atom stereocenters. The van der Waals surface area contributed by atoms with Crippen LogP contribution in [0.5, 0.6) is 0 Å². The Morgan fingerprint density at radius 3 is 2.86 bits per heavy atom. The van der Waals surface area contributed by atoms with Crippen LogP contribution in [0.1, 0.15) is 24.5 Å². The van der Waals surface area contributed by atoms with Crippen molar-refractivity contribution in [2.45, 2.75) is 18.8 Å². The highest BCUT2D eigenvalue weighted by molar-refractivity contribution is 7.88. The van der Waals surface area contributed by atoms with Gasteiger partial charge in [-0.15, -0.1) is 11.3 Å². The largest absolute Gasteiger partial charge is 0.257 e. The van der Waals surface area contributed by atoms with Gasteiger partial charge in [0.05, 0.1) is 22.3 Å². The molecule has 1 aliphatic heterocycles. The van der Waals surface area contributed by atoms with E-state index >= 15 is 0 Å². The van der Waals surface area contributed by atoms with Crippen molar-refractivity contribution in [3.05, 3.63) is 29.8 Å². The molecular weight excluding hydrogens is 308 g/mol. The standard InChI is InChI=1S/C13H16N4O2S2/c1-21(18,19)17-6-2-3-10(8-17)12-13(16-5-4-15-12)11-7-14-9-20-11/h4-5,7,9-10H,2-3,6,8H2,1H3.